The molecule has 116 valence electrons. The monoisotopic (exact) mass is 288 g/mol. The average Bonchev–Trinajstić information content (AvgIpc) is 2.72. The molecule has 0 saturated carbocycles. The minimum absolute atomic E-state index is 0.474. The number of nitrogens with two attached hydrogens (primary N) is 1. The molecule has 2 unspecified atom stereocenters. The molecular formula is C18H28N2O. The molecule has 1 aromatic rings. The van der Waals surface area contributed by atoms with Crippen molar-refractivity contribution in [3.8, 4) is 5.75 Å². The summed E-state index contributed by atoms with van der Waals surface area (Å²) in [5, 5.41) is 0. The number of rotatable bonds is 3. The van der Waals surface area contributed by atoms with Crippen LogP contribution < -0.4 is 10.5 Å². The van der Waals surface area contributed by atoms with E-state index in [1.165, 1.54) is 44.1 Å². The summed E-state index contributed by atoms with van der Waals surface area (Å²) in [6.45, 7) is 1.90. The number of methoxy groups -OCH3 is 1. The zero-order valence-corrected chi connectivity index (χ0v) is 13.4. The van der Waals surface area contributed by atoms with Gasteiger partial charge in [0.2, 0.25) is 0 Å². The van der Waals surface area contributed by atoms with E-state index in [1.807, 2.05) is 0 Å². The van der Waals surface area contributed by atoms with Gasteiger partial charge in [0.1, 0.15) is 5.75 Å². The molecule has 2 atom stereocenters. The Balaban J connectivity index is 2.03. The van der Waals surface area contributed by atoms with Crippen LogP contribution in [-0.2, 0) is 12.8 Å². The molecule has 1 aliphatic heterocycles. The Bertz CT molecular complexity index is 500. The molecule has 0 spiro atoms. The van der Waals surface area contributed by atoms with E-state index in [1.54, 1.807) is 18.2 Å². The molecule has 1 aromatic carbocycles. The summed E-state index contributed by atoms with van der Waals surface area (Å²) in [5.74, 6) is 1.69. The van der Waals surface area contributed by atoms with Crippen LogP contribution in [0.4, 0.5) is 0 Å². The van der Waals surface area contributed by atoms with Crippen molar-refractivity contribution in [2.45, 2.75) is 44.6 Å². The predicted octanol–water partition coefficient (Wildman–Crippen LogP) is 2.92. The molecule has 0 radical (unpaired) electrons. The number of nitrogens with zero attached hydrogens (tertiary/aromatic N) is 1. The van der Waals surface area contributed by atoms with Gasteiger partial charge in [-0.1, -0.05) is 12.5 Å². The molecule has 1 saturated heterocycles. The highest BCUT2D eigenvalue weighted by Crippen LogP contribution is 2.42. The van der Waals surface area contributed by atoms with Gasteiger partial charge in [-0.3, -0.25) is 4.90 Å². The van der Waals surface area contributed by atoms with Gasteiger partial charge >= 0.3 is 0 Å². The molecule has 0 amide bonds. The third-order valence-electron chi connectivity index (χ3n) is 5.31. The lowest BCUT2D eigenvalue weighted by molar-refractivity contribution is 0.301. The number of likely N-dealkylation sites (tertiary alicyclic amines) is 1. The Labute approximate surface area is 128 Å². The lowest BCUT2D eigenvalue weighted by Gasteiger charge is -2.26. The smallest absolute Gasteiger partial charge is 0.123 e. The summed E-state index contributed by atoms with van der Waals surface area (Å²) in [6, 6.07) is 4.95. The zero-order chi connectivity index (χ0) is 14.8. The number of fused-ring (bicyclic) bond motifs is 1. The van der Waals surface area contributed by atoms with Gasteiger partial charge in [-0.15, -0.1) is 0 Å². The first kappa shape index (κ1) is 14.9. The zero-order valence-electron chi connectivity index (χ0n) is 13.4. The van der Waals surface area contributed by atoms with Crippen molar-refractivity contribution in [2.75, 3.05) is 27.2 Å². The van der Waals surface area contributed by atoms with Gasteiger partial charge in [0, 0.05) is 18.2 Å². The van der Waals surface area contributed by atoms with Gasteiger partial charge in [-0.2, -0.15) is 0 Å². The van der Waals surface area contributed by atoms with Crippen LogP contribution >= 0.6 is 0 Å². The lowest BCUT2D eigenvalue weighted by atomic mass is 9.89. The van der Waals surface area contributed by atoms with E-state index in [0.717, 1.165) is 18.8 Å². The van der Waals surface area contributed by atoms with E-state index >= 15 is 0 Å². The van der Waals surface area contributed by atoms with Crippen LogP contribution in [0.1, 0.15) is 48.4 Å². The Morgan fingerprint density at radius 1 is 1.24 bits per heavy atom. The van der Waals surface area contributed by atoms with Crippen molar-refractivity contribution in [2.24, 2.45) is 11.7 Å². The van der Waals surface area contributed by atoms with E-state index in [4.69, 9.17) is 10.5 Å². The first-order chi connectivity index (χ1) is 10.2. The summed E-state index contributed by atoms with van der Waals surface area (Å²) in [4.78, 5) is 2.47. The number of ether oxygens (including phenoxy) is 1. The third kappa shape index (κ3) is 2.82. The van der Waals surface area contributed by atoms with Crippen molar-refractivity contribution in [3.63, 3.8) is 0 Å². The van der Waals surface area contributed by atoms with Gasteiger partial charge in [0.15, 0.2) is 0 Å². The van der Waals surface area contributed by atoms with Gasteiger partial charge < -0.3 is 10.5 Å². The van der Waals surface area contributed by atoms with E-state index in [2.05, 4.69) is 24.1 Å². The topological polar surface area (TPSA) is 38.5 Å². The molecule has 1 heterocycles. The minimum Gasteiger partial charge on any atom is -0.496 e. The maximum absolute atomic E-state index is 5.91. The average molecular weight is 288 g/mol. The summed E-state index contributed by atoms with van der Waals surface area (Å²) in [6.07, 6.45) is 7.58. The van der Waals surface area contributed by atoms with Crippen LogP contribution in [0.5, 0.6) is 5.75 Å². The summed E-state index contributed by atoms with van der Waals surface area (Å²) in [7, 11) is 4.03. The van der Waals surface area contributed by atoms with Gasteiger partial charge in [-0.05, 0) is 68.8 Å². The van der Waals surface area contributed by atoms with Gasteiger partial charge in [0.05, 0.1) is 7.11 Å². The van der Waals surface area contributed by atoms with E-state index in [0.29, 0.717) is 12.0 Å². The minimum atomic E-state index is 0.474. The molecule has 21 heavy (non-hydrogen) atoms. The molecule has 0 aromatic heterocycles. The number of benzene rings is 1. The van der Waals surface area contributed by atoms with Gasteiger partial charge in [-0.25, -0.2) is 0 Å². The molecule has 3 rings (SSSR count). The van der Waals surface area contributed by atoms with E-state index < -0.39 is 0 Å². The number of hydrogen-bond donors (Lipinski definition) is 1. The maximum atomic E-state index is 5.91. The fourth-order valence-corrected chi connectivity index (χ4v) is 4.17. The molecule has 3 heteroatoms. The second kappa shape index (κ2) is 6.37. The number of hydrogen-bond acceptors (Lipinski definition) is 3. The summed E-state index contributed by atoms with van der Waals surface area (Å²) < 4.78 is 5.72. The fraction of sp³-hybridized carbons (Fsp3) is 0.667. The predicted molar refractivity (Wildman–Crippen MR) is 86.8 cm³/mol. The maximum Gasteiger partial charge on any atom is 0.123 e. The van der Waals surface area contributed by atoms with Crippen LogP contribution in [0.3, 0.4) is 0 Å². The van der Waals surface area contributed by atoms with Crippen LogP contribution in [0, 0.1) is 5.92 Å². The van der Waals surface area contributed by atoms with Crippen molar-refractivity contribution >= 4 is 0 Å². The summed E-state index contributed by atoms with van der Waals surface area (Å²) in [5.41, 5.74) is 10.5. The molecule has 1 fully saturated rings. The molecule has 1 aliphatic carbocycles. The Morgan fingerprint density at radius 2 is 2.05 bits per heavy atom. The Morgan fingerprint density at radius 3 is 2.76 bits per heavy atom. The third-order valence-corrected chi connectivity index (χ3v) is 5.31. The van der Waals surface area contributed by atoms with Crippen molar-refractivity contribution in [1.29, 1.82) is 0 Å². The van der Waals surface area contributed by atoms with Crippen molar-refractivity contribution < 1.29 is 4.74 Å². The second-order valence-electron chi connectivity index (χ2n) is 6.67. The van der Waals surface area contributed by atoms with E-state index in [-0.39, 0.29) is 0 Å². The normalized spacial score (nSPS) is 26.4. The highest BCUT2D eigenvalue weighted by atomic mass is 16.5. The van der Waals surface area contributed by atoms with Gasteiger partial charge in [0.25, 0.3) is 0 Å². The first-order valence-electron chi connectivity index (χ1n) is 8.33. The van der Waals surface area contributed by atoms with E-state index in [9.17, 15) is 0 Å². The lowest BCUT2D eigenvalue weighted by Crippen LogP contribution is -2.21. The summed E-state index contributed by atoms with van der Waals surface area (Å²) >= 11 is 0. The molecule has 2 aliphatic rings. The molecule has 2 N–H and O–H groups in total. The van der Waals surface area contributed by atoms with Crippen molar-refractivity contribution in [1.82, 2.24) is 4.90 Å². The quantitative estimate of drug-likeness (QED) is 0.869. The first-order valence-corrected chi connectivity index (χ1v) is 8.33. The SMILES string of the molecule is COc1ccc2c(c1C1CC(CN)CN1C)CCCCC2. The van der Waals surface area contributed by atoms with Crippen LogP contribution in [0.25, 0.3) is 0 Å². The highest BCUT2D eigenvalue weighted by Gasteiger charge is 2.33. The largest absolute Gasteiger partial charge is 0.496 e. The molecule has 0 bridgehead atoms. The molecular weight excluding hydrogens is 260 g/mol. The number of aryl methyl sites for hydroxylation is 1. The van der Waals surface area contributed by atoms with Crippen LogP contribution in [0.2, 0.25) is 0 Å². The Hall–Kier alpha value is -1.06. The van der Waals surface area contributed by atoms with Crippen molar-refractivity contribution in [3.05, 3.63) is 28.8 Å². The molecule has 3 nitrogen and oxygen atoms in total. The van der Waals surface area contributed by atoms with Crippen LogP contribution in [0.15, 0.2) is 12.1 Å². The standard InChI is InChI=1S/C18H28N2O/c1-20-12-13(11-19)10-16(20)18-15-7-5-3-4-6-14(15)8-9-17(18)21-2/h8-9,13,16H,3-7,10-12,19H2,1-2H3. The highest BCUT2D eigenvalue weighted by molar-refractivity contribution is 5.48. The fourth-order valence-electron chi connectivity index (χ4n) is 4.17. The Kier molecular flexibility index (Phi) is 4.51. The van der Waals surface area contributed by atoms with Crippen LogP contribution in [-0.4, -0.2) is 32.1 Å². The second-order valence-corrected chi connectivity index (χ2v) is 6.67.